The van der Waals surface area contributed by atoms with Crippen molar-refractivity contribution in [3.05, 3.63) is 50.6 Å². The number of nitro benzene ring substituents is 1. The monoisotopic (exact) mass is 291 g/mol. The number of rotatable bonds is 4. The van der Waals surface area contributed by atoms with Gasteiger partial charge in [-0.3, -0.25) is 20.2 Å². The number of hydrogen-bond acceptors (Lipinski definition) is 7. The molecule has 0 amide bonds. The van der Waals surface area contributed by atoms with E-state index in [0.717, 1.165) is 6.07 Å². The Morgan fingerprint density at radius 2 is 1.76 bits per heavy atom. The average molecular weight is 291 g/mol. The molecule has 1 N–H and O–H groups in total. The van der Waals surface area contributed by atoms with Crippen LogP contribution in [0.5, 0.6) is 11.6 Å². The summed E-state index contributed by atoms with van der Waals surface area (Å²) in [6.45, 7) is 0. The molecule has 1 aromatic heterocycles. The van der Waals surface area contributed by atoms with Crippen molar-refractivity contribution in [3.63, 3.8) is 0 Å². The fourth-order valence-corrected chi connectivity index (χ4v) is 1.71. The number of hydrogen-bond donors (Lipinski definition) is 1. The van der Waals surface area contributed by atoms with Gasteiger partial charge in [-0.1, -0.05) is 0 Å². The molecule has 0 atom stereocenters. The summed E-state index contributed by atoms with van der Waals surface area (Å²) >= 11 is 0. The highest BCUT2D eigenvalue weighted by Gasteiger charge is 2.21. The summed E-state index contributed by atoms with van der Waals surface area (Å²) in [5.41, 5.74) is -0.188. The van der Waals surface area contributed by atoms with Gasteiger partial charge in [-0.15, -0.1) is 0 Å². The normalized spacial score (nSPS) is 10.1. The van der Waals surface area contributed by atoms with E-state index in [1.54, 1.807) is 0 Å². The number of nitrogens with zero attached hydrogens (tertiary/aromatic N) is 3. The van der Waals surface area contributed by atoms with Crippen molar-refractivity contribution in [3.8, 4) is 22.9 Å². The number of nitro groups is 2. The first-order valence-corrected chi connectivity index (χ1v) is 5.61. The maximum absolute atomic E-state index is 10.8. The minimum atomic E-state index is -0.731. The number of methoxy groups -OCH3 is 1. The predicted octanol–water partition coefficient (Wildman–Crippen LogP) is 2.28. The maximum atomic E-state index is 10.8. The van der Waals surface area contributed by atoms with E-state index in [1.807, 2.05) is 0 Å². The summed E-state index contributed by atoms with van der Waals surface area (Å²) in [7, 11) is 1.21. The third-order valence-electron chi connectivity index (χ3n) is 2.69. The lowest BCUT2D eigenvalue weighted by molar-refractivity contribution is -0.386. The first-order chi connectivity index (χ1) is 9.93. The number of aromatic nitrogens is 1. The summed E-state index contributed by atoms with van der Waals surface area (Å²) in [5.74, 6) is -0.678. The van der Waals surface area contributed by atoms with Crippen LogP contribution in [-0.4, -0.2) is 27.0 Å². The smallest absolute Gasteiger partial charge is 0.334 e. The van der Waals surface area contributed by atoms with E-state index in [1.165, 1.54) is 31.4 Å². The topological polar surface area (TPSA) is 129 Å². The Morgan fingerprint density at radius 3 is 2.24 bits per heavy atom. The van der Waals surface area contributed by atoms with E-state index in [0.29, 0.717) is 5.56 Å². The lowest BCUT2D eigenvalue weighted by Gasteiger charge is -2.07. The van der Waals surface area contributed by atoms with E-state index in [9.17, 15) is 25.3 Å². The van der Waals surface area contributed by atoms with Gasteiger partial charge in [0, 0.05) is 17.7 Å². The number of ether oxygens (including phenoxy) is 1. The van der Waals surface area contributed by atoms with E-state index < -0.39 is 21.3 Å². The maximum Gasteiger partial charge on any atom is 0.334 e. The van der Waals surface area contributed by atoms with Crippen molar-refractivity contribution in [1.82, 2.24) is 4.98 Å². The molecule has 0 aliphatic carbocycles. The third kappa shape index (κ3) is 2.71. The highest BCUT2D eigenvalue weighted by molar-refractivity contribution is 5.70. The van der Waals surface area contributed by atoms with Crippen LogP contribution in [0.3, 0.4) is 0 Å². The van der Waals surface area contributed by atoms with Gasteiger partial charge in [-0.25, -0.2) is 4.98 Å². The molecule has 0 saturated carbocycles. The lowest BCUT2D eigenvalue weighted by atomic mass is 10.1. The molecule has 0 unspecified atom stereocenters. The van der Waals surface area contributed by atoms with Crippen molar-refractivity contribution in [2.45, 2.75) is 0 Å². The fraction of sp³-hybridized carbons (Fsp3) is 0.0833. The zero-order valence-corrected chi connectivity index (χ0v) is 10.7. The van der Waals surface area contributed by atoms with E-state index in [-0.39, 0.29) is 17.3 Å². The first kappa shape index (κ1) is 14.2. The summed E-state index contributed by atoms with van der Waals surface area (Å²) in [5, 5.41) is 31.2. The zero-order valence-electron chi connectivity index (χ0n) is 10.7. The SMILES string of the molecule is COc1nc(-c2ccc([N+](=O)[O-])cc2)c(O)cc1[N+](=O)[O-]. The molecule has 108 valence electrons. The molecule has 0 fully saturated rings. The Balaban J connectivity index is 2.53. The predicted molar refractivity (Wildman–Crippen MR) is 71.2 cm³/mol. The standard InChI is InChI=1S/C12H9N3O6/c1-21-12-9(15(19)20)6-10(16)11(13-12)7-2-4-8(5-3-7)14(17)18/h2-6,16H,1H3. The number of aromatic hydroxyl groups is 1. The van der Waals surface area contributed by atoms with Crippen LogP contribution in [0.4, 0.5) is 11.4 Å². The molecule has 0 aliphatic rings. The lowest BCUT2D eigenvalue weighted by Crippen LogP contribution is -1.98. The summed E-state index contributed by atoms with van der Waals surface area (Å²) in [4.78, 5) is 24.0. The van der Waals surface area contributed by atoms with Gasteiger partial charge in [0.1, 0.15) is 11.4 Å². The van der Waals surface area contributed by atoms with Gasteiger partial charge in [0.2, 0.25) is 0 Å². The second-order valence-corrected chi connectivity index (χ2v) is 3.95. The Kier molecular flexibility index (Phi) is 3.65. The van der Waals surface area contributed by atoms with Gasteiger partial charge in [-0.2, -0.15) is 0 Å². The summed E-state index contributed by atoms with van der Waals surface area (Å²) in [6, 6.07) is 6.16. The van der Waals surface area contributed by atoms with Crippen molar-refractivity contribution < 1.29 is 19.7 Å². The Hall–Kier alpha value is -3.23. The van der Waals surface area contributed by atoms with Gasteiger partial charge < -0.3 is 9.84 Å². The van der Waals surface area contributed by atoms with Crippen LogP contribution >= 0.6 is 0 Å². The second-order valence-electron chi connectivity index (χ2n) is 3.95. The van der Waals surface area contributed by atoms with Crippen molar-refractivity contribution in [2.75, 3.05) is 7.11 Å². The van der Waals surface area contributed by atoms with Gasteiger partial charge >= 0.3 is 5.69 Å². The van der Waals surface area contributed by atoms with Crippen molar-refractivity contribution >= 4 is 11.4 Å². The van der Waals surface area contributed by atoms with Gasteiger partial charge in [0.15, 0.2) is 0 Å². The van der Waals surface area contributed by atoms with Crippen LogP contribution in [0.25, 0.3) is 11.3 Å². The molecule has 0 saturated heterocycles. The molecular weight excluding hydrogens is 282 g/mol. The van der Waals surface area contributed by atoms with Gasteiger partial charge in [-0.05, 0) is 12.1 Å². The van der Waals surface area contributed by atoms with Gasteiger partial charge in [0.05, 0.1) is 23.0 Å². The zero-order chi connectivity index (χ0) is 15.6. The van der Waals surface area contributed by atoms with Crippen LogP contribution in [0.1, 0.15) is 0 Å². The largest absolute Gasteiger partial charge is 0.505 e. The Morgan fingerprint density at radius 1 is 1.14 bits per heavy atom. The molecular formula is C12H9N3O6. The first-order valence-electron chi connectivity index (χ1n) is 5.61. The fourth-order valence-electron chi connectivity index (χ4n) is 1.71. The number of pyridine rings is 1. The second kappa shape index (κ2) is 5.41. The third-order valence-corrected chi connectivity index (χ3v) is 2.69. The van der Waals surface area contributed by atoms with Crippen LogP contribution in [-0.2, 0) is 0 Å². The molecule has 0 aliphatic heterocycles. The number of non-ortho nitro benzene ring substituents is 1. The van der Waals surface area contributed by atoms with E-state index in [2.05, 4.69) is 4.98 Å². The van der Waals surface area contributed by atoms with E-state index >= 15 is 0 Å². The summed E-state index contributed by atoms with van der Waals surface area (Å²) < 4.78 is 4.81. The molecule has 0 radical (unpaired) electrons. The summed E-state index contributed by atoms with van der Waals surface area (Å²) in [6.07, 6.45) is 0. The van der Waals surface area contributed by atoms with Crippen LogP contribution < -0.4 is 4.74 Å². The highest BCUT2D eigenvalue weighted by atomic mass is 16.6. The minimum Gasteiger partial charge on any atom is -0.505 e. The van der Waals surface area contributed by atoms with Crippen molar-refractivity contribution in [2.24, 2.45) is 0 Å². The molecule has 1 heterocycles. The van der Waals surface area contributed by atoms with E-state index in [4.69, 9.17) is 4.74 Å². The quantitative estimate of drug-likeness (QED) is 0.675. The molecule has 0 bridgehead atoms. The molecule has 2 aromatic rings. The average Bonchev–Trinajstić information content (AvgIpc) is 2.47. The molecule has 1 aromatic carbocycles. The Bertz CT molecular complexity index is 714. The molecule has 9 heteroatoms. The highest BCUT2D eigenvalue weighted by Crippen LogP contribution is 2.36. The minimum absolute atomic E-state index is 0.0346. The molecule has 2 rings (SSSR count). The number of benzene rings is 1. The molecule has 0 spiro atoms. The van der Waals surface area contributed by atoms with Crippen LogP contribution in [0, 0.1) is 20.2 Å². The van der Waals surface area contributed by atoms with Crippen LogP contribution in [0.15, 0.2) is 30.3 Å². The van der Waals surface area contributed by atoms with Crippen molar-refractivity contribution in [1.29, 1.82) is 0 Å². The van der Waals surface area contributed by atoms with Crippen LogP contribution in [0.2, 0.25) is 0 Å². The Labute approximate surface area is 117 Å². The molecule has 21 heavy (non-hydrogen) atoms. The van der Waals surface area contributed by atoms with Gasteiger partial charge in [0.25, 0.3) is 11.6 Å². The molecule has 9 nitrogen and oxygen atoms in total.